The molecule has 2 unspecified atom stereocenters. The van der Waals surface area contributed by atoms with E-state index in [9.17, 15) is 0 Å². The van der Waals surface area contributed by atoms with Crippen LogP contribution in [0.4, 0.5) is 11.5 Å². The lowest BCUT2D eigenvalue weighted by Crippen LogP contribution is -2.05. The van der Waals surface area contributed by atoms with E-state index >= 15 is 0 Å². The Balaban J connectivity index is 1.52. The highest BCUT2D eigenvalue weighted by Crippen LogP contribution is 2.31. The largest absolute Gasteiger partial charge is 0.343 e. The van der Waals surface area contributed by atoms with Crippen molar-refractivity contribution in [2.45, 2.75) is 32.6 Å². The standard InChI is InChI=1S/C23H26N3P/c1-16-4-2-6-18(12-16)19-7-8-21-20(14-19)15-23(25-21)26-22-13-17(5-3-11-27)9-10-24-22/h2,6-10,12-14,16H,3-5,11,15,27H2,1H3,(H,24,25,26). The van der Waals surface area contributed by atoms with E-state index in [1.54, 1.807) is 0 Å². The van der Waals surface area contributed by atoms with Crippen LogP contribution in [-0.4, -0.2) is 17.0 Å². The molecule has 0 saturated heterocycles. The second-order valence-corrected chi connectivity index (χ2v) is 7.96. The van der Waals surface area contributed by atoms with Crippen molar-refractivity contribution < 1.29 is 0 Å². The van der Waals surface area contributed by atoms with Gasteiger partial charge in [0, 0.05) is 18.3 Å². The molecule has 1 aromatic heterocycles. The van der Waals surface area contributed by atoms with Gasteiger partial charge in [-0.2, -0.15) is 0 Å². The van der Waals surface area contributed by atoms with E-state index in [2.05, 4.69) is 75.0 Å². The number of fused-ring (bicyclic) bond motifs is 1. The highest BCUT2D eigenvalue weighted by atomic mass is 31.0. The second kappa shape index (κ2) is 8.19. The predicted molar refractivity (Wildman–Crippen MR) is 119 cm³/mol. The minimum Gasteiger partial charge on any atom is -0.343 e. The Morgan fingerprint density at radius 2 is 2.19 bits per heavy atom. The molecule has 1 aliphatic heterocycles. The maximum Gasteiger partial charge on any atom is 0.154 e. The predicted octanol–water partition coefficient (Wildman–Crippen LogP) is 5.57. The van der Waals surface area contributed by atoms with Crippen LogP contribution in [0.3, 0.4) is 0 Å². The maximum atomic E-state index is 4.76. The Labute approximate surface area is 163 Å². The molecule has 1 aromatic carbocycles. The Morgan fingerprint density at radius 3 is 3.04 bits per heavy atom. The fourth-order valence-corrected chi connectivity index (χ4v) is 3.85. The first-order valence-corrected chi connectivity index (χ1v) is 10.5. The number of rotatable bonds is 5. The fourth-order valence-electron chi connectivity index (χ4n) is 3.64. The summed E-state index contributed by atoms with van der Waals surface area (Å²) in [5.41, 5.74) is 6.38. The van der Waals surface area contributed by atoms with Gasteiger partial charge in [-0.15, -0.1) is 9.24 Å². The number of amidine groups is 1. The first kappa shape index (κ1) is 18.1. The number of aromatic nitrogens is 1. The Morgan fingerprint density at radius 1 is 1.26 bits per heavy atom. The summed E-state index contributed by atoms with van der Waals surface area (Å²) in [7, 11) is 2.78. The molecule has 0 saturated carbocycles. The number of aryl methyl sites for hydroxylation is 1. The van der Waals surface area contributed by atoms with Crippen LogP contribution < -0.4 is 5.32 Å². The molecule has 0 fully saturated rings. The first-order chi connectivity index (χ1) is 13.2. The third-order valence-corrected chi connectivity index (χ3v) is 5.48. The zero-order valence-electron chi connectivity index (χ0n) is 15.8. The average molecular weight is 375 g/mol. The Hall–Kier alpha value is -2.25. The molecule has 27 heavy (non-hydrogen) atoms. The van der Waals surface area contributed by atoms with Gasteiger partial charge in [0.1, 0.15) is 5.84 Å². The molecule has 2 aromatic rings. The summed E-state index contributed by atoms with van der Waals surface area (Å²) >= 11 is 0. The molecule has 2 atom stereocenters. The van der Waals surface area contributed by atoms with Gasteiger partial charge in [-0.1, -0.05) is 31.2 Å². The molecule has 2 aliphatic rings. The van der Waals surface area contributed by atoms with Gasteiger partial charge in [0.25, 0.3) is 0 Å². The number of pyridine rings is 1. The van der Waals surface area contributed by atoms with Crippen LogP contribution in [0.2, 0.25) is 0 Å². The summed E-state index contributed by atoms with van der Waals surface area (Å²) in [5.74, 6) is 2.37. The third-order valence-electron chi connectivity index (χ3n) is 5.07. The summed E-state index contributed by atoms with van der Waals surface area (Å²) < 4.78 is 0. The summed E-state index contributed by atoms with van der Waals surface area (Å²) in [6, 6.07) is 10.8. The molecule has 138 valence electrons. The zero-order chi connectivity index (χ0) is 18.6. The van der Waals surface area contributed by atoms with Gasteiger partial charge < -0.3 is 5.32 Å². The summed E-state index contributed by atoms with van der Waals surface area (Å²) in [6.07, 6.45) is 14.1. The number of benzene rings is 1. The van der Waals surface area contributed by atoms with Crippen molar-refractivity contribution in [2.75, 3.05) is 11.5 Å². The van der Waals surface area contributed by atoms with Gasteiger partial charge in [0.15, 0.2) is 5.82 Å². The molecule has 0 bridgehead atoms. The van der Waals surface area contributed by atoms with Crippen LogP contribution in [0.1, 0.15) is 36.5 Å². The average Bonchev–Trinajstić information content (AvgIpc) is 3.08. The van der Waals surface area contributed by atoms with Gasteiger partial charge in [-0.05, 0) is 77.9 Å². The zero-order valence-corrected chi connectivity index (χ0v) is 16.9. The summed E-state index contributed by atoms with van der Waals surface area (Å²) in [4.78, 5) is 9.18. The molecule has 1 N–H and O–H groups in total. The van der Waals surface area contributed by atoms with Crippen LogP contribution in [0.5, 0.6) is 0 Å². The molecule has 0 radical (unpaired) electrons. The van der Waals surface area contributed by atoms with Crippen LogP contribution in [0, 0.1) is 5.92 Å². The highest BCUT2D eigenvalue weighted by molar-refractivity contribution is 7.16. The van der Waals surface area contributed by atoms with E-state index in [1.165, 1.54) is 28.7 Å². The van der Waals surface area contributed by atoms with Crippen LogP contribution >= 0.6 is 9.24 Å². The Bertz CT molecular complexity index is 927. The minimum atomic E-state index is 0.609. The second-order valence-electron chi connectivity index (χ2n) is 7.38. The number of nitrogens with zero attached hydrogens (tertiary/aromatic N) is 2. The molecular weight excluding hydrogens is 349 g/mol. The Kier molecular flexibility index (Phi) is 5.50. The van der Waals surface area contributed by atoms with Crippen molar-refractivity contribution in [3.05, 3.63) is 71.4 Å². The van der Waals surface area contributed by atoms with Crippen molar-refractivity contribution in [1.29, 1.82) is 0 Å². The topological polar surface area (TPSA) is 37.3 Å². The third kappa shape index (κ3) is 4.36. The number of hydrogen-bond donors (Lipinski definition) is 1. The smallest absolute Gasteiger partial charge is 0.154 e. The number of anilines is 1. The van der Waals surface area contributed by atoms with Gasteiger partial charge in [-0.3, -0.25) is 0 Å². The molecule has 2 heterocycles. The number of allylic oxidation sites excluding steroid dienone is 4. The summed E-state index contributed by atoms with van der Waals surface area (Å²) in [6.45, 7) is 2.27. The van der Waals surface area contributed by atoms with Crippen molar-refractivity contribution in [2.24, 2.45) is 10.9 Å². The molecular formula is C23H26N3P. The van der Waals surface area contributed by atoms with E-state index in [0.29, 0.717) is 5.92 Å². The quantitative estimate of drug-likeness (QED) is 0.694. The monoisotopic (exact) mass is 375 g/mol. The lowest BCUT2D eigenvalue weighted by Gasteiger charge is -2.13. The molecule has 0 amide bonds. The normalized spacial score (nSPS) is 19.7. The number of aliphatic imine (C=N–C) groups is 1. The van der Waals surface area contributed by atoms with E-state index in [0.717, 1.165) is 42.8 Å². The molecule has 0 spiro atoms. The molecule has 4 heteroatoms. The molecule has 4 rings (SSSR count). The fraction of sp³-hybridized carbons (Fsp3) is 0.304. The summed E-state index contributed by atoms with van der Waals surface area (Å²) in [5, 5.41) is 3.45. The van der Waals surface area contributed by atoms with Gasteiger partial charge in [0.05, 0.1) is 0 Å². The van der Waals surface area contributed by atoms with Gasteiger partial charge in [-0.25, -0.2) is 9.98 Å². The van der Waals surface area contributed by atoms with E-state index in [-0.39, 0.29) is 0 Å². The van der Waals surface area contributed by atoms with E-state index < -0.39 is 0 Å². The van der Waals surface area contributed by atoms with Gasteiger partial charge >= 0.3 is 0 Å². The van der Waals surface area contributed by atoms with Crippen molar-refractivity contribution in [3.63, 3.8) is 0 Å². The lowest BCUT2D eigenvalue weighted by atomic mass is 9.92. The van der Waals surface area contributed by atoms with Crippen molar-refractivity contribution >= 4 is 32.2 Å². The van der Waals surface area contributed by atoms with Crippen LogP contribution in [0.25, 0.3) is 5.57 Å². The number of nitrogens with one attached hydrogen (secondary N) is 1. The minimum absolute atomic E-state index is 0.609. The SMILES string of the molecule is CC1C=C(c2ccc3c(c2)CC(=Nc2cc(CCCP)ccn2)N3)C=CC1. The lowest BCUT2D eigenvalue weighted by molar-refractivity contribution is 0.740. The number of hydrogen-bond acceptors (Lipinski definition) is 2. The van der Waals surface area contributed by atoms with Crippen LogP contribution in [0.15, 0.2) is 59.7 Å². The molecule has 1 aliphatic carbocycles. The highest BCUT2D eigenvalue weighted by Gasteiger charge is 2.18. The van der Waals surface area contributed by atoms with Crippen molar-refractivity contribution in [3.8, 4) is 0 Å². The van der Waals surface area contributed by atoms with E-state index in [1.807, 2.05) is 6.20 Å². The maximum absolute atomic E-state index is 4.76. The molecule has 3 nitrogen and oxygen atoms in total. The van der Waals surface area contributed by atoms with Gasteiger partial charge in [0.2, 0.25) is 0 Å². The van der Waals surface area contributed by atoms with Crippen LogP contribution in [-0.2, 0) is 12.8 Å². The first-order valence-electron chi connectivity index (χ1n) is 9.72. The van der Waals surface area contributed by atoms with Crippen molar-refractivity contribution in [1.82, 2.24) is 4.98 Å². The van der Waals surface area contributed by atoms with E-state index in [4.69, 9.17) is 4.99 Å².